The smallest absolute Gasteiger partial charge is 0.303 e. The van der Waals surface area contributed by atoms with E-state index in [-0.39, 0.29) is 18.7 Å². The first-order chi connectivity index (χ1) is 14.5. The molecule has 0 aliphatic rings. The third kappa shape index (κ3) is 11.0. The molecule has 0 radical (unpaired) electrons. The Morgan fingerprint density at radius 2 is 1.57 bits per heavy atom. The third-order valence-electron chi connectivity index (χ3n) is 5.08. The topological polar surface area (TPSA) is 105 Å². The van der Waals surface area contributed by atoms with Gasteiger partial charge in [-0.05, 0) is 31.4 Å². The quantitative estimate of drug-likeness (QED) is 0.324. The first-order valence-corrected chi connectivity index (χ1v) is 10.9. The summed E-state index contributed by atoms with van der Waals surface area (Å²) < 4.78 is 10.5. The molecular weight excluding hydrogens is 386 g/mol. The summed E-state index contributed by atoms with van der Waals surface area (Å²) in [6.45, 7) is 0.652. The van der Waals surface area contributed by atoms with Crippen LogP contribution in [0.5, 0.6) is 11.5 Å². The summed E-state index contributed by atoms with van der Waals surface area (Å²) in [5.41, 5.74) is 0.647. The van der Waals surface area contributed by atoms with Crippen LogP contribution in [0, 0.1) is 0 Å². The van der Waals surface area contributed by atoms with Crippen molar-refractivity contribution < 1.29 is 29.3 Å². The highest BCUT2D eigenvalue weighted by Gasteiger charge is 2.15. The van der Waals surface area contributed by atoms with E-state index in [9.17, 15) is 14.7 Å². The molecule has 1 aromatic rings. The number of methoxy groups -OCH3 is 2. The van der Waals surface area contributed by atoms with Gasteiger partial charge in [-0.1, -0.05) is 38.5 Å². The standard InChI is InChI=1S/C23H37NO6/c1-29-18-12-13-19(21(17-18)30-2)20(25)14-15-22(26)24-16-10-8-6-4-3-5-7-9-11-23(27)28/h12-13,17,20,25H,3-11,14-16H2,1-2H3,(H,24,26)(H,27,28). The molecule has 1 atom stereocenters. The summed E-state index contributed by atoms with van der Waals surface area (Å²) >= 11 is 0. The van der Waals surface area contributed by atoms with E-state index in [4.69, 9.17) is 14.6 Å². The van der Waals surface area contributed by atoms with Gasteiger partial charge in [-0.3, -0.25) is 9.59 Å². The number of ether oxygens (including phenoxy) is 2. The van der Waals surface area contributed by atoms with Crippen LogP contribution in [-0.4, -0.2) is 42.9 Å². The van der Waals surface area contributed by atoms with E-state index in [1.807, 2.05) is 0 Å². The van der Waals surface area contributed by atoms with Crippen molar-refractivity contribution in [2.75, 3.05) is 20.8 Å². The zero-order valence-corrected chi connectivity index (χ0v) is 18.3. The number of hydrogen-bond acceptors (Lipinski definition) is 5. The van der Waals surface area contributed by atoms with Crippen molar-refractivity contribution >= 4 is 11.9 Å². The van der Waals surface area contributed by atoms with Crippen LogP contribution in [0.4, 0.5) is 0 Å². The molecule has 1 amide bonds. The fraction of sp³-hybridized carbons (Fsp3) is 0.652. The van der Waals surface area contributed by atoms with Gasteiger partial charge in [0, 0.05) is 31.0 Å². The molecule has 1 rings (SSSR count). The van der Waals surface area contributed by atoms with E-state index >= 15 is 0 Å². The van der Waals surface area contributed by atoms with Gasteiger partial charge in [0.05, 0.1) is 20.3 Å². The predicted molar refractivity (Wildman–Crippen MR) is 116 cm³/mol. The number of amides is 1. The number of aliphatic hydroxyl groups excluding tert-OH is 1. The number of aliphatic hydroxyl groups is 1. The number of carbonyl (C=O) groups excluding carboxylic acids is 1. The van der Waals surface area contributed by atoms with Gasteiger partial charge in [0.15, 0.2) is 0 Å². The number of carboxylic acids is 1. The van der Waals surface area contributed by atoms with Crippen LogP contribution in [0.15, 0.2) is 18.2 Å². The van der Waals surface area contributed by atoms with Gasteiger partial charge in [-0.2, -0.15) is 0 Å². The van der Waals surface area contributed by atoms with Crippen molar-refractivity contribution in [2.24, 2.45) is 0 Å². The molecule has 170 valence electrons. The zero-order chi connectivity index (χ0) is 22.2. The molecule has 0 aliphatic heterocycles. The molecule has 7 nitrogen and oxygen atoms in total. The van der Waals surface area contributed by atoms with E-state index in [0.717, 1.165) is 51.4 Å². The van der Waals surface area contributed by atoms with Gasteiger partial charge in [0.1, 0.15) is 11.5 Å². The minimum Gasteiger partial charge on any atom is -0.497 e. The number of benzene rings is 1. The van der Waals surface area contributed by atoms with Crippen LogP contribution in [-0.2, 0) is 9.59 Å². The van der Waals surface area contributed by atoms with Crippen LogP contribution in [0.1, 0.15) is 82.3 Å². The molecule has 1 unspecified atom stereocenters. The summed E-state index contributed by atoms with van der Waals surface area (Å²) in [5, 5.41) is 21.9. The number of rotatable bonds is 17. The van der Waals surface area contributed by atoms with Crippen LogP contribution in [0.2, 0.25) is 0 Å². The maximum atomic E-state index is 12.0. The molecule has 0 saturated heterocycles. The van der Waals surface area contributed by atoms with E-state index in [1.165, 1.54) is 7.11 Å². The lowest BCUT2D eigenvalue weighted by atomic mass is 10.0. The minimum atomic E-state index is -0.771. The van der Waals surface area contributed by atoms with Crippen molar-refractivity contribution in [1.29, 1.82) is 0 Å². The molecule has 1 aromatic carbocycles. The zero-order valence-electron chi connectivity index (χ0n) is 18.3. The molecule has 0 aromatic heterocycles. The van der Waals surface area contributed by atoms with Crippen LogP contribution < -0.4 is 14.8 Å². The summed E-state index contributed by atoms with van der Waals surface area (Å²) in [6, 6.07) is 5.23. The van der Waals surface area contributed by atoms with Gasteiger partial charge in [0.2, 0.25) is 5.91 Å². The second-order valence-electron chi connectivity index (χ2n) is 7.48. The lowest BCUT2D eigenvalue weighted by molar-refractivity contribution is -0.137. The average Bonchev–Trinajstić information content (AvgIpc) is 2.74. The predicted octanol–water partition coefficient (Wildman–Crippen LogP) is 4.23. The Bertz CT molecular complexity index is 634. The number of unbranched alkanes of at least 4 members (excludes halogenated alkanes) is 7. The van der Waals surface area contributed by atoms with Crippen molar-refractivity contribution in [1.82, 2.24) is 5.32 Å². The maximum absolute atomic E-state index is 12.0. The number of hydrogen-bond donors (Lipinski definition) is 3. The lowest BCUT2D eigenvalue weighted by Crippen LogP contribution is -2.24. The van der Waals surface area contributed by atoms with Crippen molar-refractivity contribution in [2.45, 2.75) is 76.7 Å². The fourth-order valence-electron chi connectivity index (χ4n) is 3.30. The van der Waals surface area contributed by atoms with Crippen LogP contribution >= 0.6 is 0 Å². The molecule has 0 aliphatic carbocycles. The molecule has 7 heteroatoms. The molecule has 3 N–H and O–H groups in total. The largest absolute Gasteiger partial charge is 0.497 e. The molecular formula is C23H37NO6. The van der Waals surface area contributed by atoms with E-state index in [0.29, 0.717) is 30.0 Å². The molecule has 0 spiro atoms. The maximum Gasteiger partial charge on any atom is 0.303 e. The number of nitrogens with one attached hydrogen (secondary N) is 1. The number of carbonyl (C=O) groups is 2. The summed E-state index contributed by atoms with van der Waals surface area (Å²) in [6.07, 6.45) is 8.35. The Kier molecular flexibility index (Phi) is 13.3. The number of carboxylic acid groups (broad SMARTS) is 1. The molecule has 0 fully saturated rings. The molecule has 30 heavy (non-hydrogen) atoms. The Labute approximate surface area is 179 Å². The molecule has 0 heterocycles. The average molecular weight is 424 g/mol. The van der Waals surface area contributed by atoms with Gasteiger partial charge in [0.25, 0.3) is 0 Å². The van der Waals surface area contributed by atoms with E-state index < -0.39 is 12.1 Å². The van der Waals surface area contributed by atoms with E-state index in [1.54, 1.807) is 25.3 Å². The summed E-state index contributed by atoms with van der Waals surface area (Å²) in [7, 11) is 3.11. The van der Waals surface area contributed by atoms with Gasteiger partial charge < -0.3 is 25.0 Å². The Hall–Kier alpha value is -2.28. The SMILES string of the molecule is COc1ccc(C(O)CCC(=O)NCCCCCCCCCCC(=O)O)c(OC)c1. The Balaban J connectivity index is 2.09. The highest BCUT2D eigenvalue weighted by atomic mass is 16.5. The van der Waals surface area contributed by atoms with Crippen LogP contribution in [0.25, 0.3) is 0 Å². The Morgan fingerprint density at radius 1 is 0.933 bits per heavy atom. The van der Waals surface area contributed by atoms with E-state index in [2.05, 4.69) is 5.32 Å². The summed E-state index contributed by atoms with van der Waals surface area (Å²) in [5.74, 6) is 0.426. The molecule has 0 saturated carbocycles. The Morgan fingerprint density at radius 3 is 2.17 bits per heavy atom. The minimum absolute atomic E-state index is 0.0556. The van der Waals surface area contributed by atoms with Gasteiger partial charge >= 0.3 is 5.97 Å². The summed E-state index contributed by atoms with van der Waals surface area (Å²) in [4.78, 5) is 22.4. The monoisotopic (exact) mass is 423 g/mol. The van der Waals surface area contributed by atoms with Crippen molar-refractivity contribution in [3.8, 4) is 11.5 Å². The van der Waals surface area contributed by atoms with Gasteiger partial charge in [-0.25, -0.2) is 0 Å². The first-order valence-electron chi connectivity index (χ1n) is 10.9. The highest BCUT2D eigenvalue weighted by molar-refractivity contribution is 5.75. The lowest BCUT2D eigenvalue weighted by Gasteiger charge is -2.15. The fourth-order valence-corrected chi connectivity index (χ4v) is 3.30. The van der Waals surface area contributed by atoms with Crippen molar-refractivity contribution in [3.05, 3.63) is 23.8 Å². The first kappa shape index (κ1) is 25.8. The molecule has 0 bridgehead atoms. The van der Waals surface area contributed by atoms with Crippen LogP contribution in [0.3, 0.4) is 0 Å². The van der Waals surface area contributed by atoms with Gasteiger partial charge in [-0.15, -0.1) is 0 Å². The highest BCUT2D eigenvalue weighted by Crippen LogP contribution is 2.31. The normalized spacial score (nSPS) is 11.7. The second-order valence-corrected chi connectivity index (χ2v) is 7.48. The third-order valence-corrected chi connectivity index (χ3v) is 5.08. The second kappa shape index (κ2) is 15.5. The number of aliphatic carboxylic acids is 1. The van der Waals surface area contributed by atoms with Crippen molar-refractivity contribution in [3.63, 3.8) is 0 Å².